The first kappa shape index (κ1) is 26.9. The average molecular weight is 471 g/mol. The first-order chi connectivity index (χ1) is 16.1. The van der Waals surface area contributed by atoms with E-state index in [1.165, 1.54) is 6.20 Å². The van der Waals surface area contributed by atoms with E-state index in [0.717, 1.165) is 24.8 Å². The molecule has 0 aliphatic carbocycles. The number of anilines is 1. The molecule has 0 fully saturated rings. The van der Waals surface area contributed by atoms with E-state index in [9.17, 15) is 14.4 Å². The molecule has 34 heavy (non-hydrogen) atoms. The molecule has 0 radical (unpaired) electrons. The minimum absolute atomic E-state index is 0.263. The fourth-order valence-electron chi connectivity index (χ4n) is 4.25. The van der Waals surface area contributed by atoms with E-state index < -0.39 is 23.3 Å². The van der Waals surface area contributed by atoms with Gasteiger partial charge in [-0.15, -0.1) is 0 Å². The molecular formula is C25H38N6O3. The highest BCUT2D eigenvalue weighted by Crippen LogP contribution is 2.30. The second kappa shape index (κ2) is 11.2. The van der Waals surface area contributed by atoms with Gasteiger partial charge in [0.05, 0.1) is 18.3 Å². The Morgan fingerprint density at radius 2 is 1.74 bits per heavy atom. The molecular weight excluding hydrogens is 432 g/mol. The van der Waals surface area contributed by atoms with Crippen LogP contribution in [0, 0.1) is 0 Å². The smallest absolute Gasteiger partial charge is 0.257 e. The van der Waals surface area contributed by atoms with Gasteiger partial charge in [-0.1, -0.05) is 51.5 Å². The van der Waals surface area contributed by atoms with Crippen molar-refractivity contribution in [2.75, 3.05) is 18.9 Å². The molecule has 186 valence electrons. The van der Waals surface area contributed by atoms with E-state index in [2.05, 4.69) is 41.8 Å². The number of hydrogen-bond acceptors (Lipinski definition) is 5. The van der Waals surface area contributed by atoms with Crippen molar-refractivity contribution in [1.82, 2.24) is 20.4 Å². The predicted molar refractivity (Wildman–Crippen MR) is 133 cm³/mol. The molecule has 0 aliphatic heterocycles. The van der Waals surface area contributed by atoms with Crippen molar-refractivity contribution >= 4 is 23.5 Å². The summed E-state index contributed by atoms with van der Waals surface area (Å²) in [5.74, 6) is -1.04. The van der Waals surface area contributed by atoms with Crippen LogP contribution in [0.25, 0.3) is 0 Å². The standard InChI is InChI=1S/C25H38N6O3/c1-7-14-24(4,5)31-21(27-6)19(15-29-31)22(33)30-25(9-3,23(34)28-16-20(26)32)18-12-10-17(8-2)11-13-18/h10-13,15,27H,7-9,14,16H2,1-6H3,(H2,26,32)(H,28,34)(H,30,33). The van der Waals surface area contributed by atoms with Gasteiger partial charge in [-0.05, 0) is 44.2 Å². The zero-order valence-corrected chi connectivity index (χ0v) is 21.1. The van der Waals surface area contributed by atoms with Crippen LogP contribution in [0.2, 0.25) is 0 Å². The largest absolute Gasteiger partial charge is 0.373 e. The highest BCUT2D eigenvalue weighted by atomic mass is 16.2. The number of nitrogens with zero attached hydrogens (tertiary/aromatic N) is 2. The summed E-state index contributed by atoms with van der Waals surface area (Å²) in [7, 11) is 1.74. The summed E-state index contributed by atoms with van der Waals surface area (Å²) in [6.45, 7) is 9.76. The van der Waals surface area contributed by atoms with Gasteiger partial charge in [-0.3, -0.25) is 14.4 Å². The lowest BCUT2D eigenvalue weighted by Gasteiger charge is -2.33. The van der Waals surface area contributed by atoms with Gasteiger partial charge in [0.15, 0.2) is 0 Å². The zero-order chi connectivity index (χ0) is 25.5. The highest BCUT2D eigenvalue weighted by Gasteiger charge is 2.41. The van der Waals surface area contributed by atoms with E-state index in [4.69, 9.17) is 5.73 Å². The van der Waals surface area contributed by atoms with E-state index in [-0.39, 0.29) is 18.5 Å². The monoisotopic (exact) mass is 470 g/mol. The average Bonchev–Trinajstić information content (AvgIpc) is 3.26. The van der Waals surface area contributed by atoms with Crippen LogP contribution in [0.5, 0.6) is 0 Å². The predicted octanol–water partition coefficient (Wildman–Crippen LogP) is 2.66. The number of benzene rings is 1. The Morgan fingerprint density at radius 1 is 1.09 bits per heavy atom. The molecule has 0 saturated heterocycles. The molecule has 9 heteroatoms. The molecule has 5 N–H and O–H groups in total. The van der Waals surface area contributed by atoms with E-state index >= 15 is 0 Å². The van der Waals surface area contributed by atoms with Crippen molar-refractivity contribution in [3.63, 3.8) is 0 Å². The van der Waals surface area contributed by atoms with Crippen molar-refractivity contribution < 1.29 is 14.4 Å². The fourth-order valence-corrected chi connectivity index (χ4v) is 4.25. The summed E-state index contributed by atoms with van der Waals surface area (Å²) in [5.41, 5.74) is 5.59. The maximum atomic E-state index is 13.6. The molecule has 2 aromatic rings. The van der Waals surface area contributed by atoms with Crippen molar-refractivity contribution in [2.45, 2.75) is 71.4 Å². The maximum Gasteiger partial charge on any atom is 0.257 e. The topological polar surface area (TPSA) is 131 Å². The molecule has 0 spiro atoms. The number of primary amides is 1. The normalized spacial score (nSPS) is 13.1. The molecule has 1 aromatic carbocycles. The Bertz CT molecular complexity index is 1010. The summed E-state index contributed by atoms with van der Waals surface area (Å²) in [6.07, 6.45) is 4.46. The fraction of sp³-hybridized carbons (Fsp3) is 0.520. The maximum absolute atomic E-state index is 13.6. The first-order valence-corrected chi connectivity index (χ1v) is 11.8. The van der Waals surface area contributed by atoms with Crippen LogP contribution in [0.1, 0.15) is 75.4 Å². The van der Waals surface area contributed by atoms with E-state index in [0.29, 0.717) is 16.9 Å². The Balaban J connectivity index is 2.52. The number of carbonyl (C=O) groups is 3. The number of rotatable bonds is 12. The van der Waals surface area contributed by atoms with Gasteiger partial charge in [-0.2, -0.15) is 5.10 Å². The zero-order valence-electron chi connectivity index (χ0n) is 21.1. The summed E-state index contributed by atoms with van der Waals surface area (Å²) in [6, 6.07) is 7.52. The van der Waals surface area contributed by atoms with E-state index in [1.54, 1.807) is 7.05 Å². The number of hydrogen-bond donors (Lipinski definition) is 4. The van der Waals surface area contributed by atoms with Crippen molar-refractivity contribution in [3.8, 4) is 0 Å². The van der Waals surface area contributed by atoms with Gasteiger partial charge in [0.25, 0.3) is 11.8 Å². The van der Waals surface area contributed by atoms with Crippen LogP contribution in [0.15, 0.2) is 30.5 Å². The molecule has 0 saturated carbocycles. The third-order valence-electron chi connectivity index (χ3n) is 6.21. The van der Waals surface area contributed by atoms with Crippen LogP contribution in [-0.4, -0.2) is 41.1 Å². The number of carbonyl (C=O) groups excluding carboxylic acids is 3. The third-order valence-corrected chi connectivity index (χ3v) is 6.21. The lowest BCUT2D eigenvalue weighted by atomic mass is 9.85. The van der Waals surface area contributed by atoms with Gasteiger partial charge in [0.2, 0.25) is 5.91 Å². The highest BCUT2D eigenvalue weighted by molar-refractivity contribution is 6.03. The summed E-state index contributed by atoms with van der Waals surface area (Å²) < 4.78 is 1.81. The lowest BCUT2D eigenvalue weighted by Crippen LogP contribution is -2.57. The molecule has 1 aromatic heterocycles. The van der Waals surface area contributed by atoms with Gasteiger partial charge in [0, 0.05) is 7.05 Å². The van der Waals surface area contributed by atoms with Crippen molar-refractivity contribution in [3.05, 3.63) is 47.2 Å². The Labute approximate surface area is 201 Å². The van der Waals surface area contributed by atoms with Crippen LogP contribution in [0.3, 0.4) is 0 Å². The minimum Gasteiger partial charge on any atom is -0.373 e. The summed E-state index contributed by atoms with van der Waals surface area (Å²) in [4.78, 5) is 38.2. The van der Waals surface area contributed by atoms with Gasteiger partial charge in [0.1, 0.15) is 16.9 Å². The molecule has 1 heterocycles. The first-order valence-electron chi connectivity index (χ1n) is 11.8. The molecule has 1 atom stereocenters. The SMILES string of the molecule is CCCC(C)(C)n1ncc(C(=O)NC(CC)(C(=O)NCC(N)=O)c2ccc(CC)cc2)c1NC. The Morgan fingerprint density at radius 3 is 2.24 bits per heavy atom. The summed E-state index contributed by atoms with van der Waals surface area (Å²) in [5, 5.41) is 13.1. The number of aromatic nitrogens is 2. The van der Waals surface area contributed by atoms with E-state index in [1.807, 2.05) is 42.8 Å². The van der Waals surface area contributed by atoms with Crippen molar-refractivity contribution in [2.24, 2.45) is 5.73 Å². The van der Waals surface area contributed by atoms with Crippen LogP contribution in [-0.2, 0) is 27.1 Å². The molecule has 1 unspecified atom stereocenters. The van der Waals surface area contributed by atoms with Crippen LogP contribution < -0.4 is 21.7 Å². The molecule has 9 nitrogen and oxygen atoms in total. The van der Waals surface area contributed by atoms with Gasteiger partial charge in [-0.25, -0.2) is 4.68 Å². The quantitative estimate of drug-likeness (QED) is 0.379. The van der Waals surface area contributed by atoms with Gasteiger partial charge >= 0.3 is 0 Å². The number of nitrogens with two attached hydrogens (primary N) is 1. The second-order valence-electron chi connectivity index (χ2n) is 9.04. The third kappa shape index (κ3) is 5.58. The number of amides is 3. The molecule has 2 rings (SSSR count). The molecule has 0 aliphatic rings. The van der Waals surface area contributed by atoms with Gasteiger partial charge < -0.3 is 21.7 Å². The van der Waals surface area contributed by atoms with Crippen molar-refractivity contribution in [1.29, 1.82) is 0 Å². The summed E-state index contributed by atoms with van der Waals surface area (Å²) >= 11 is 0. The number of aryl methyl sites for hydroxylation is 1. The molecule has 0 bridgehead atoms. The van der Waals surface area contributed by atoms with Crippen LogP contribution in [0.4, 0.5) is 5.82 Å². The Kier molecular flexibility index (Phi) is 8.84. The molecule has 3 amide bonds. The number of nitrogens with one attached hydrogen (secondary N) is 3. The minimum atomic E-state index is -1.40. The Hall–Kier alpha value is -3.36. The lowest BCUT2D eigenvalue weighted by molar-refractivity contribution is -0.130. The second-order valence-corrected chi connectivity index (χ2v) is 9.04. The van der Waals surface area contributed by atoms with Crippen LogP contribution >= 0.6 is 0 Å².